The number of carbonyl (C=O) groups excluding carboxylic acids is 1. The molecular formula is C28H33F3N2O6S. The number of rotatable bonds is 7. The van der Waals surface area contributed by atoms with Crippen molar-refractivity contribution in [2.45, 2.75) is 88.1 Å². The molecule has 1 saturated heterocycles. The summed E-state index contributed by atoms with van der Waals surface area (Å²) in [6.45, 7) is 5.75. The zero-order valence-electron chi connectivity index (χ0n) is 22.6. The first kappa shape index (κ1) is 30.3. The van der Waals surface area contributed by atoms with Gasteiger partial charge in [-0.05, 0) is 38.8 Å². The number of benzene rings is 2. The van der Waals surface area contributed by atoms with Crippen molar-refractivity contribution < 1.29 is 42.0 Å². The quantitative estimate of drug-likeness (QED) is 0.464. The Morgan fingerprint density at radius 1 is 0.950 bits per heavy atom. The van der Waals surface area contributed by atoms with Gasteiger partial charge in [-0.2, -0.15) is 13.2 Å². The van der Waals surface area contributed by atoms with Gasteiger partial charge in [-0.25, -0.2) is 4.79 Å². The van der Waals surface area contributed by atoms with Crippen LogP contribution in [0.3, 0.4) is 0 Å². The number of amides is 1. The van der Waals surface area contributed by atoms with E-state index < -0.39 is 53.3 Å². The number of carbonyl (C=O) groups is 1. The van der Waals surface area contributed by atoms with Crippen molar-refractivity contribution in [1.82, 2.24) is 5.32 Å². The monoisotopic (exact) mass is 582 g/mol. The summed E-state index contributed by atoms with van der Waals surface area (Å²) in [7, 11) is 0. The fourth-order valence-electron chi connectivity index (χ4n) is 4.31. The Morgan fingerprint density at radius 3 is 1.98 bits per heavy atom. The third-order valence-corrected chi connectivity index (χ3v) is 7.37. The predicted molar refractivity (Wildman–Crippen MR) is 144 cm³/mol. The number of halogens is 3. The summed E-state index contributed by atoms with van der Waals surface area (Å²) in [5, 5.41) is 13.4. The van der Waals surface area contributed by atoms with Gasteiger partial charge in [0, 0.05) is 0 Å². The number of alkyl carbamates (subject to hydrolysis) is 1. The first-order valence-electron chi connectivity index (χ1n) is 12.7. The minimum atomic E-state index is -5.04. The van der Waals surface area contributed by atoms with E-state index in [9.17, 15) is 23.1 Å². The lowest BCUT2D eigenvalue weighted by molar-refractivity contribution is -0.325. The summed E-state index contributed by atoms with van der Waals surface area (Å²) in [5.41, 5.74) is -3.55. The Labute approximate surface area is 235 Å². The first-order valence-corrected chi connectivity index (χ1v) is 13.6. The number of fused-ring (bicyclic) bond motifs is 1. The summed E-state index contributed by atoms with van der Waals surface area (Å²) >= 11 is 0.923. The minimum absolute atomic E-state index is 0.0514. The highest BCUT2D eigenvalue weighted by atomic mass is 32.2. The van der Waals surface area contributed by atoms with Crippen LogP contribution in [0.25, 0.3) is 0 Å². The van der Waals surface area contributed by atoms with Gasteiger partial charge in [0.2, 0.25) is 0 Å². The Morgan fingerprint density at radius 2 is 1.48 bits per heavy atom. The van der Waals surface area contributed by atoms with Crippen molar-refractivity contribution in [3.05, 3.63) is 71.8 Å². The topological polar surface area (TPSA) is 98.6 Å². The summed E-state index contributed by atoms with van der Waals surface area (Å²) in [6.07, 6.45) is -10.1. The highest BCUT2D eigenvalue weighted by molar-refractivity contribution is 8.14. The molecule has 0 radical (unpaired) electrons. The average Bonchev–Trinajstić information content (AvgIpc) is 3.27. The second-order valence-electron chi connectivity index (χ2n) is 10.8. The molecule has 40 heavy (non-hydrogen) atoms. The lowest BCUT2D eigenvalue weighted by Gasteiger charge is -2.47. The highest BCUT2D eigenvalue weighted by Crippen LogP contribution is 2.45. The van der Waals surface area contributed by atoms with Gasteiger partial charge in [-0.15, -0.1) is 0 Å². The number of nitrogens with one attached hydrogen (secondary N) is 1. The molecule has 6 atom stereocenters. The first-order chi connectivity index (χ1) is 18.7. The molecule has 2 aliphatic heterocycles. The summed E-state index contributed by atoms with van der Waals surface area (Å²) in [4.78, 5) is 16.9. The molecule has 6 unspecified atom stereocenters. The van der Waals surface area contributed by atoms with Gasteiger partial charge < -0.3 is 24.1 Å². The zero-order chi connectivity index (χ0) is 29.1. The van der Waals surface area contributed by atoms with Gasteiger partial charge >= 0.3 is 12.3 Å². The number of alkyl halides is 3. The van der Waals surface area contributed by atoms with E-state index in [0.717, 1.165) is 17.3 Å². The van der Waals surface area contributed by atoms with E-state index in [4.69, 9.17) is 18.9 Å². The fraction of sp³-hybridized carbons (Fsp3) is 0.500. The van der Waals surface area contributed by atoms with Crippen LogP contribution in [0, 0.1) is 0 Å². The van der Waals surface area contributed by atoms with Crippen LogP contribution in [0.4, 0.5) is 18.0 Å². The van der Waals surface area contributed by atoms with Crippen molar-refractivity contribution in [3.8, 4) is 0 Å². The number of thioether (sulfide) groups is 1. The van der Waals surface area contributed by atoms with Crippen LogP contribution in [0.5, 0.6) is 0 Å². The molecule has 4 rings (SSSR count). The number of hydrogen-bond acceptors (Lipinski definition) is 8. The molecular weight excluding hydrogens is 549 g/mol. The fourth-order valence-corrected chi connectivity index (χ4v) is 5.38. The number of nitrogens with zero attached hydrogens (tertiary/aromatic N) is 1. The maximum Gasteiger partial charge on any atom is 0.419 e. The summed E-state index contributed by atoms with van der Waals surface area (Å²) in [5.74, 6) is 0. The molecule has 12 heteroatoms. The van der Waals surface area contributed by atoms with Crippen LogP contribution in [-0.2, 0) is 32.2 Å². The van der Waals surface area contributed by atoms with E-state index in [1.807, 2.05) is 36.4 Å². The molecule has 2 heterocycles. The molecule has 0 bridgehead atoms. The smallest absolute Gasteiger partial charge is 0.419 e. The van der Waals surface area contributed by atoms with Gasteiger partial charge in [0.15, 0.2) is 10.8 Å². The molecule has 0 saturated carbocycles. The third kappa shape index (κ3) is 7.35. The second-order valence-corrected chi connectivity index (χ2v) is 11.8. The number of aliphatic hydroxyl groups is 1. The molecule has 1 amide bonds. The Kier molecular flexibility index (Phi) is 9.15. The van der Waals surface area contributed by atoms with E-state index in [-0.39, 0.29) is 18.4 Å². The number of ether oxygens (including phenoxy) is 4. The molecule has 218 valence electrons. The molecule has 8 nitrogen and oxygen atoms in total. The molecule has 2 aromatic rings. The zero-order valence-corrected chi connectivity index (χ0v) is 23.4. The normalized spacial score (nSPS) is 26.4. The van der Waals surface area contributed by atoms with Crippen LogP contribution >= 0.6 is 11.8 Å². The van der Waals surface area contributed by atoms with Gasteiger partial charge in [-0.1, -0.05) is 72.4 Å². The van der Waals surface area contributed by atoms with Crippen molar-refractivity contribution in [1.29, 1.82) is 0 Å². The van der Waals surface area contributed by atoms with Crippen molar-refractivity contribution in [2.24, 2.45) is 4.99 Å². The second kappa shape index (κ2) is 12.1. The van der Waals surface area contributed by atoms with Crippen LogP contribution < -0.4 is 5.32 Å². The number of aliphatic imine (C=N–C) groups is 1. The van der Waals surface area contributed by atoms with Gasteiger partial charge in [-0.3, -0.25) is 10.3 Å². The van der Waals surface area contributed by atoms with Crippen molar-refractivity contribution in [3.63, 3.8) is 0 Å². The maximum absolute atomic E-state index is 14.1. The molecule has 2 aromatic carbocycles. The Hall–Kier alpha value is -2.64. The summed E-state index contributed by atoms with van der Waals surface area (Å²) < 4.78 is 65.9. The van der Waals surface area contributed by atoms with Crippen LogP contribution in [0.2, 0.25) is 0 Å². The van der Waals surface area contributed by atoms with Gasteiger partial charge in [0.25, 0.3) is 0 Å². The molecule has 2 N–H and O–H groups in total. The Bertz CT molecular complexity index is 1170. The van der Waals surface area contributed by atoms with Crippen LogP contribution in [0.1, 0.15) is 38.8 Å². The van der Waals surface area contributed by atoms with Crippen LogP contribution in [0.15, 0.2) is 65.7 Å². The van der Waals surface area contributed by atoms with Crippen LogP contribution in [-0.4, -0.2) is 63.5 Å². The molecule has 0 aromatic heterocycles. The van der Waals surface area contributed by atoms with E-state index in [1.165, 1.54) is 0 Å². The highest BCUT2D eigenvalue weighted by Gasteiger charge is 2.64. The lowest BCUT2D eigenvalue weighted by atomic mass is 9.86. The molecule has 2 aliphatic rings. The lowest BCUT2D eigenvalue weighted by Crippen LogP contribution is -2.67. The molecule has 0 aliphatic carbocycles. The van der Waals surface area contributed by atoms with E-state index in [0.29, 0.717) is 12.5 Å². The Balaban J connectivity index is 1.66. The molecule has 0 spiro atoms. The van der Waals surface area contributed by atoms with Gasteiger partial charge in [0.05, 0.1) is 13.2 Å². The SMILES string of the molecule is CC(C)(C)OC(=O)NC1=NC2C(OC(C(C)(O)C(F)(F)F)C(OCc3ccccc3)C2OCc2ccccc2)S1. The van der Waals surface area contributed by atoms with Gasteiger partial charge in [0.1, 0.15) is 35.4 Å². The van der Waals surface area contributed by atoms with E-state index in [1.54, 1.807) is 45.0 Å². The number of hydrogen-bond donors (Lipinski definition) is 2. The average molecular weight is 583 g/mol. The minimum Gasteiger partial charge on any atom is -0.444 e. The van der Waals surface area contributed by atoms with E-state index in [2.05, 4.69) is 10.3 Å². The van der Waals surface area contributed by atoms with Crippen molar-refractivity contribution >= 4 is 23.0 Å². The standard InChI is InChI=1S/C28H33F3N2O6S/c1-26(2,3)39-25(34)33-24-32-19-20(36-15-17-11-7-5-8-12-17)21(37-16-18-13-9-6-10-14-18)22(38-23(19)40-24)27(4,35)28(29,30)31/h5-14,19-23,35H,15-16H2,1-4H3,(H,32,33,34). The third-order valence-electron chi connectivity index (χ3n) is 6.32. The number of amidine groups is 1. The molecule has 1 fully saturated rings. The summed E-state index contributed by atoms with van der Waals surface area (Å²) in [6, 6.07) is 17.2. The van der Waals surface area contributed by atoms with E-state index >= 15 is 0 Å². The maximum atomic E-state index is 14.1. The largest absolute Gasteiger partial charge is 0.444 e. The van der Waals surface area contributed by atoms with Crippen molar-refractivity contribution in [2.75, 3.05) is 0 Å². The predicted octanol–water partition coefficient (Wildman–Crippen LogP) is 5.19.